The van der Waals surface area contributed by atoms with Gasteiger partial charge in [-0.05, 0) is 61.4 Å². The van der Waals surface area contributed by atoms with Crippen molar-refractivity contribution in [2.45, 2.75) is 50.2 Å². The van der Waals surface area contributed by atoms with Crippen molar-refractivity contribution in [2.75, 3.05) is 24.1 Å². The predicted molar refractivity (Wildman–Crippen MR) is 177 cm³/mol. The minimum atomic E-state index is -4.48. The molecule has 0 saturated heterocycles. The van der Waals surface area contributed by atoms with Gasteiger partial charge in [-0.2, -0.15) is 0 Å². The van der Waals surface area contributed by atoms with Crippen LogP contribution in [0, 0.1) is 11.6 Å². The van der Waals surface area contributed by atoms with E-state index in [4.69, 9.17) is 9.47 Å². The van der Waals surface area contributed by atoms with Gasteiger partial charge in [-0.15, -0.1) is 0 Å². The standard InChI is InChI=1S/C36H37F2N3O6S/c1-3-25(2)39-36(43)32(21-26-9-5-4-6-10-26)40(23-27-11-7-8-12-31(27)38)35(42)24-41(29-15-13-28(37)14-16-29)48(44,45)30-17-18-33-34(22-30)47-20-19-46-33/h4-18,22,25,32H,3,19-21,23-24H2,1-2H3,(H,39,43)/t25-,32-/m0/s1. The summed E-state index contributed by atoms with van der Waals surface area (Å²) < 4.78 is 69.6. The van der Waals surface area contributed by atoms with Gasteiger partial charge >= 0.3 is 0 Å². The Labute approximate surface area is 279 Å². The summed E-state index contributed by atoms with van der Waals surface area (Å²) in [5.41, 5.74) is 0.893. The van der Waals surface area contributed by atoms with Crippen molar-refractivity contribution in [1.29, 1.82) is 0 Å². The first-order chi connectivity index (χ1) is 23.1. The average Bonchev–Trinajstić information content (AvgIpc) is 3.09. The van der Waals surface area contributed by atoms with Gasteiger partial charge in [-0.1, -0.05) is 55.5 Å². The molecule has 1 N–H and O–H groups in total. The molecule has 0 bridgehead atoms. The van der Waals surface area contributed by atoms with E-state index in [-0.39, 0.29) is 47.5 Å². The summed E-state index contributed by atoms with van der Waals surface area (Å²) in [4.78, 5) is 29.4. The zero-order valence-corrected chi connectivity index (χ0v) is 27.5. The SMILES string of the molecule is CC[C@H](C)NC(=O)[C@H](Cc1ccccc1)N(Cc1ccccc1F)C(=O)CN(c1ccc(F)cc1)S(=O)(=O)c1ccc2c(c1)OCCO2. The van der Waals surface area contributed by atoms with Crippen LogP contribution in [0.2, 0.25) is 0 Å². The quantitative estimate of drug-likeness (QED) is 0.201. The molecule has 1 aliphatic heterocycles. The molecule has 5 rings (SSSR count). The number of benzene rings is 4. The van der Waals surface area contributed by atoms with Crippen LogP contribution in [0.15, 0.2) is 102 Å². The molecule has 0 aromatic heterocycles. The van der Waals surface area contributed by atoms with Crippen molar-refractivity contribution in [3.8, 4) is 11.5 Å². The third-order valence-corrected chi connectivity index (χ3v) is 9.84. The topological polar surface area (TPSA) is 105 Å². The number of anilines is 1. The number of halogens is 2. The first kappa shape index (κ1) is 34.4. The molecule has 0 fully saturated rings. The largest absolute Gasteiger partial charge is 0.486 e. The predicted octanol–water partition coefficient (Wildman–Crippen LogP) is 5.49. The molecule has 1 heterocycles. The summed E-state index contributed by atoms with van der Waals surface area (Å²) in [7, 11) is -4.48. The Bertz CT molecular complexity index is 1840. The van der Waals surface area contributed by atoms with Crippen molar-refractivity contribution in [3.63, 3.8) is 0 Å². The Balaban J connectivity index is 1.58. The summed E-state index contributed by atoms with van der Waals surface area (Å²) >= 11 is 0. The van der Waals surface area contributed by atoms with E-state index in [0.29, 0.717) is 18.8 Å². The van der Waals surface area contributed by atoms with Crippen LogP contribution in [-0.2, 0) is 32.6 Å². The minimum absolute atomic E-state index is 0.00847. The van der Waals surface area contributed by atoms with Gasteiger partial charge in [-0.25, -0.2) is 17.2 Å². The Kier molecular flexibility index (Phi) is 10.9. The molecule has 48 heavy (non-hydrogen) atoms. The van der Waals surface area contributed by atoms with Crippen molar-refractivity contribution in [1.82, 2.24) is 10.2 Å². The molecule has 4 aromatic carbocycles. The van der Waals surface area contributed by atoms with Crippen LogP contribution in [-0.4, -0.2) is 57.0 Å². The fourth-order valence-electron chi connectivity index (χ4n) is 5.25. The lowest BCUT2D eigenvalue weighted by Crippen LogP contribution is -2.54. The second-order valence-electron chi connectivity index (χ2n) is 11.4. The maximum absolute atomic E-state index is 15.1. The molecular formula is C36H37F2N3O6S. The van der Waals surface area contributed by atoms with E-state index >= 15 is 4.39 Å². The first-order valence-electron chi connectivity index (χ1n) is 15.6. The number of amides is 2. The van der Waals surface area contributed by atoms with Crippen molar-refractivity contribution >= 4 is 27.5 Å². The third kappa shape index (κ3) is 8.11. The minimum Gasteiger partial charge on any atom is -0.486 e. The second-order valence-corrected chi connectivity index (χ2v) is 13.3. The highest BCUT2D eigenvalue weighted by atomic mass is 32.2. The highest BCUT2D eigenvalue weighted by Crippen LogP contribution is 2.34. The normalized spacial score (nSPS) is 13.7. The highest BCUT2D eigenvalue weighted by molar-refractivity contribution is 7.92. The molecular weight excluding hydrogens is 640 g/mol. The Morgan fingerprint density at radius 2 is 1.54 bits per heavy atom. The molecule has 0 unspecified atom stereocenters. The summed E-state index contributed by atoms with van der Waals surface area (Å²) in [6.07, 6.45) is 0.700. The maximum atomic E-state index is 15.1. The fraction of sp³-hybridized carbons (Fsp3) is 0.278. The molecule has 2 atom stereocenters. The summed E-state index contributed by atoms with van der Waals surface area (Å²) in [5, 5.41) is 2.94. The third-order valence-electron chi connectivity index (χ3n) is 8.07. The van der Waals surface area contributed by atoms with E-state index in [0.717, 1.165) is 22.0 Å². The van der Waals surface area contributed by atoms with Gasteiger partial charge < -0.3 is 19.7 Å². The summed E-state index contributed by atoms with van der Waals surface area (Å²) in [6, 6.07) is 22.3. The Hall–Kier alpha value is -4.97. The molecule has 0 saturated carbocycles. The number of hydrogen-bond donors (Lipinski definition) is 1. The molecule has 1 aliphatic rings. The van der Waals surface area contributed by atoms with Crippen LogP contribution in [0.3, 0.4) is 0 Å². The van der Waals surface area contributed by atoms with Gasteiger partial charge in [-0.3, -0.25) is 13.9 Å². The van der Waals surface area contributed by atoms with Gasteiger partial charge in [0.05, 0.1) is 10.6 Å². The van der Waals surface area contributed by atoms with Gasteiger partial charge in [0.1, 0.15) is 37.4 Å². The molecule has 0 radical (unpaired) electrons. The van der Waals surface area contributed by atoms with Crippen LogP contribution in [0.5, 0.6) is 11.5 Å². The number of ether oxygens (including phenoxy) is 2. The Morgan fingerprint density at radius 3 is 2.23 bits per heavy atom. The maximum Gasteiger partial charge on any atom is 0.264 e. The lowest BCUT2D eigenvalue weighted by molar-refractivity contribution is -0.140. The van der Waals surface area contributed by atoms with Crippen LogP contribution < -0.4 is 19.1 Å². The van der Waals surface area contributed by atoms with Gasteiger partial charge in [0.25, 0.3) is 10.0 Å². The molecule has 0 spiro atoms. The monoisotopic (exact) mass is 677 g/mol. The van der Waals surface area contributed by atoms with Gasteiger partial charge in [0.2, 0.25) is 11.8 Å². The van der Waals surface area contributed by atoms with Gasteiger partial charge in [0.15, 0.2) is 11.5 Å². The van der Waals surface area contributed by atoms with Crippen molar-refractivity contribution in [2.24, 2.45) is 0 Å². The number of fused-ring (bicyclic) bond motifs is 1. The van der Waals surface area contributed by atoms with E-state index in [2.05, 4.69) is 5.32 Å². The highest BCUT2D eigenvalue weighted by Gasteiger charge is 2.35. The first-order valence-corrected chi connectivity index (χ1v) is 17.1. The number of rotatable bonds is 13. The second kappa shape index (κ2) is 15.3. The average molecular weight is 678 g/mol. The summed E-state index contributed by atoms with van der Waals surface area (Å²) in [5.74, 6) is -1.84. The number of hydrogen-bond acceptors (Lipinski definition) is 6. The van der Waals surface area contributed by atoms with E-state index in [9.17, 15) is 22.4 Å². The molecule has 0 aliphatic carbocycles. The van der Waals surface area contributed by atoms with Crippen molar-refractivity contribution in [3.05, 3.63) is 120 Å². The lowest BCUT2D eigenvalue weighted by atomic mass is 10.0. The van der Waals surface area contributed by atoms with E-state index < -0.39 is 46.1 Å². The smallest absolute Gasteiger partial charge is 0.264 e. The van der Waals surface area contributed by atoms with E-state index in [1.165, 1.54) is 53.4 Å². The molecule has 9 nitrogen and oxygen atoms in total. The van der Waals surface area contributed by atoms with E-state index in [1.54, 1.807) is 18.2 Å². The zero-order chi connectivity index (χ0) is 34.3. The zero-order valence-electron chi connectivity index (χ0n) is 26.6. The van der Waals surface area contributed by atoms with Crippen LogP contribution in [0.4, 0.5) is 14.5 Å². The molecule has 252 valence electrons. The number of nitrogens with one attached hydrogen (secondary N) is 1. The van der Waals surface area contributed by atoms with Gasteiger partial charge in [0, 0.05) is 30.6 Å². The lowest BCUT2D eigenvalue weighted by Gasteiger charge is -2.34. The van der Waals surface area contributed by atoms with Crippen molar-refractivity contribution < 1.29 is 36.3 Å². The van der Waals surface area contributed by atoms with E-state index in [1.807, 2.05) is 32.0 Å². The Morgan fingerprint density at radius 1 is 0.875 bits per heavy atom. The summed E-state index contributed by atoms with van der Waals surface area (Å²) in [6.45, 7) is 3.17. The van der Waals surface area contributed by atoms with Crippen LogP contribution in [0.25, 0.3) is 0 Å². The number of nitrogens with zero attached hydrogens (tertiary/aromatic N) is 2. The molecule has 2 amide bonds. The fourth-order valence-corrected chi connectivity index (χ4v) is 6.68. The van der Waals surface area contributed by atoms with Crippen LogP contribution >= 0.6 is 0 Å². The molecule has 12 heteroatoms. The number of carbonyl (C=O) groups is 2. The molecule has 4 aromatic rings. The number of carbonyl (C=O) groups excluding carboxylic acids is 2. The number of sulfonamides is 1. The van der Waals surface area contributed by atoms with Crippen LogP contribution in [0.1, 0.15) is 31.4 Å².